The van der Waals surface area contributed by atoms with Gasteiger partial charge in [0.05, 0.1) is 0 Å². The first-order valence-corrected chi connectivity index (χ1v) is 7.32. The predicted octanol–water partition coefficient (Wildman–Crippen LogP) is 1.99. The minimum absolute atomic E-state index is 0.140. The molecule has 2 N–H and O–H groups in total. The number of hydrogen-bond donors (Lipinski definition) is 1. The molecule has 0 radical (unpaired) electrons. The van der Waals surface area contributed by atoms with Gasteiger partial charge in [-0.1, -0.05) is 31.2 Å². The van der Waals surface area contributed by atoms with Gasteiger partial charge in [-0.2, -0.15) is 0 Å². The van der Waals surface area contributed by atoms with Crippen LogP contribution in [0.3, 0.4) is 0 Å². The molecule has 0 unspecified atom stereocenters. The summed E-state index contributed by atoms with van der Waals surface area (Å²) in [6.45, 7) is 4.42. The number of carbonyl (C=O) groups excluding carboxylic acids is 1. The number of nitrogens with two attached hydrogens (primary N) is 1. The summed E-state index contributed by atoms with van der Waals surface area (Å²) in [5, 5.41) is 0. The molecule has 1 aliphatic carbocycles. The van der Waals surface area contributed by atoms with Crippen molar-refractivity contribution in [3.8, 4) is 0 Å². The summed E-state index contributed by atoms with van der Waals surface area (Å²) in [5.74, 6) is 0.452. The summed E-state index contributed by atoms with van der Waals surface area (Å²) in [5.41, 5.74) is 8.24. The molecular weight excluding hydrogens is 236 g/mol. The highest BCUT2D eigenvalue weighted by Gasteiger charge is 2.29. The van der Waals surface area contributed by atoms with Crippen molar-refractivity contribution in [2.24, 2.45) is 11.7 Å². The lowest BCUT2D eigenvalue weighted by atomic mass is 10.0. The first-order valence-electron chi connectivity index (χ1n) is 7.32. The average Bonchev–Trinajstić information content (AvgIpc) is 2.86. The number of hydrogen-bond acceptors (Lipinski definition) is 2. The van der Waals surface area contributed by atoms with Gasteiger partial charge in [0.15, 0.2) is 0 Å². The molecule has 3 heteroatoms. The molecule has 0 spiro atoms. The normalized spacial score (nSPS) is 14.4. The van der Waals surface area contributed by atoms with Gasteiger partial charge in [-0.25, -0.2) is 0 Å². The van der Waals surface area contributed by atoms with E-state index in [-0.39, 0.29) is 5.92 Å². The van der Waals surface area contributed by atoms with Gasteiger partial charge >= 0.3 is 0 Å². The molecule has 1 aromatic rings. The van der Waals surface area contributed by atoms with Gasteiger partial charge in [0.25, 0.3) is 0 Å². The molecule has 0 heterocycles. The molecular formula is C16H24N2O. The van der Waals surface area contributed by atoms with E-state index in [1.165, 1.54) is 11.1 Å². The molecule has 0 saturated carbocycles. The van der Waals surface area contributed by atoms with E-state index in [1.54, 1.807) is 0 Å². The van der Waals surface area contributed by atoms with Crippen LogP contribution in [0.25, 0.3) is 0 Å². The summed E-state index contributed by atoms with van der Waals surface area (Å²) in [6.07, 6.45) is 3.71. The Balaban J connectivity index is 1.99. The van der Waals surface area contributed by atoms with Crippen LogP contribution in [0, 0.1) is 5.92 Å². The zero-order valence-electron chi connectivity index (χ0n) is 11.8. The van der Waals surface area contributed by atoms with E-state index in [2.05, 4.69) is 31.2 Å². The highest BCUT2D eigenvalue weighted by molar-refractivity contribution is 5.80. The number of nitrogens with zero attached hydrogens (tertiary/aromatic N) is 1. The Morgan fingerprint density at radius 1 is 1.26 bits per heavy atom. The maximum atomic E-state index is 12.6. The van der Waals surface area contributed by atoms with E-state index in [1.807, 2.05) is 4.90 Å². The SMILES string of the molecule is CCCN(CCCN)C(=O)C1Cc2ccccc2C1. The monoisotopic (exact) mass is 260 g/mol. The van der Waals surface area contributed by atoms with Crippen molar-refractivity contribution in [1.82, 2.24) is 4.90 Å². The second-order valence-corrected chi connectivity index (χ2v) is 5.34. The zero-order chi connectivity index (χ0) is 13.7. The van der Waals surface area contributed by atoms with Crippen LogP contribution in [0.4, 0.5) is 0 Å². The van der Waals surface area contributed by atoms with E-state index in [9.17, 15) is 4.79 Å². The van der Waals surface area contributed by atoms with E-state index >= 15 is 0 Å². The minimum Gasteiger partial charge on any atom is -0.342 e. The Hall–Kier alpha value is -1.35. The van der Waals surface area contributed by atoms with E-state index < -0.39 is 0 Å². The largest absolute Gasteiger partial charge is 0.342 e. The third kappa shape index (κ3) is 3.35. The second-order valence-electron chi connectivity index (χ2n) is 5.34. The minimum atomic E-state index is 0.140. The van der Waals surface area contributed by atoms with Crippen molar-refractivity contribution >= 4 is 5.91 Å². The molecule has 0 fully saturated rings. The van der Waals surface area contributed by atoms with Crippen molar-refractivity contribution in [2.45, 2.75) is 32.6 Å². The fourth-order valence-electron chi connectivity index (χ4n) is 2.88. The summed E-state index contributed by atoms with van der Waals surface area (Å²) in [7, 11) is 0. The van der Waals surface area contributed by atoms with Gasteiger partial charge in [-0.3, -0.25) is 4.79 Å². The molecule has 0 bridgehead atoms. The lowest BCUT2D eigenvalue weighted by molar-refractivity contribution is -0.135. The van der Waals surface area contributed by atoms with Crippen molar-refractivity contribution < 1.29 is 4.79 Å². The standard InChI is InChI=1S/C16H24N2O/c1-2-9-18(10-5-8-17)16(19)15-11-13-6-3-4-7-14(13)12-15/h3-4,6-7,15H,2,5,8-12,17H2,1H3. The van der Waals surface area contributed by atoms with Crippen LogP contribution in [0.1, 0.15) is 30.9 Å². The Kier molecular flexibility index (Phi) is 4.97. The fourth-order valence-corrected chi connectivity index (χ4v) is 2.88. The number of amides is 1. The first-order chi connectivity index (χ1) is 9.26. The van der Waals surface area contributed by atoms with Crippen LogP contribution in [0.2, 0.25) is 0 Å². The van der Waals surface area contributed by atoms with Crippen LogP contribution in [-0.4, -0.2) is 30.4 Å². The van der Waals surface area contributed by atoms with Gasteiger partial charge < -0.3 is 10.6 Å². The number of carbonyl (C=O) groups is 1. The zero-order valence-corrected chi connectivity index (χ0v) is 11.8. The van der Waals surface area contributed by atoms with Crippen molar-refractivity contribution in [2.75, 3.05) is 19.6 Å². The first kappa shape index (κ1) is 14.1. The van der Waals surface area contributed by atoms with Crippen LogP contribution in [0.15, 0.2) is 24.3 Å². The molecule has 2 rings (SSSR count). The Bertz CT molecular complexity index is 406. The Labute approximate surface area is 115 Å². The van der Waals surface area contributed by atoms with Crippen molar-refractivity contribution in [3.05, 3.63) is 35.4 Å². The molecule has 19 heavy (non-hydrogen) atoms. The summed E-state index contributed by atoms with van der Waals surface area (Å²) in [4.78, 5) is 14.6. The quantitative estimate of drug-likeness (QED) is 0.850. The van der Waals surface area contributed by atoms with E-state index in [4.69, 9.17) is 5.73 Å². The third-order valence-electron chi connectivity index (χ3n) is 3.84. The number of benzene rings is 1. The van der Waals surface area contributed by atoms with E-state index in [0.717, 1.165) is 38.8 Å². The van der Waals surface area contributed by atoms with Gasteiger partial charge in [-0.05, 0) is 43.4 Å². The highest BCUT2D eigenvalue weighted by atomic mass is 16.2. The number of fused-ring (bicyclic) bond motifs is 1. The summed E-state index contributed by atoms with van der Waals surface area (Å²) >= 11 is 0. The maximum absolute atomic E-state index is 12.6. The van der Waals surface area contributed by atoms with Gasteiger partial charge in [0.1, 0.15) is 0 Å². The molecule has 0 saturated heterocycles. The average molecular weight is 260 g/mol. The molecule has 1 amide bonds. The summed E-state index contributed by atoms with van der Waals surface area (Å²) in [6, 6.07) is 8.41. The highest BCUT2D eigenvalue weighted by Crippen LogP contribution is 2.27. The molecule has 3 nitrogen and oxygen atoms in total. The Morgan fingerprint density at radius 2 is 1.89 bits per heavy atom. The maximum Gasteiger partial charge on any atom is 0.226 e. The molecule has 0 atom stereocenters. The van der Waals surface area contributed by atoms with Crippen LogP contribution in [-0.2, 0) is 17.6 Å². The Morgan fingerprint density at radius 3 is 2.42 bits per heavy atom. The molecule has 1 aliphatic rings. The van der Waals surface area contributed by atoms with Crippen LogP contribution in [0.5, 0.6) is 0 Å². The lowest BCUT2D eigenvalue weighted by Gasteiger charge is -2.25. The van der Waals surface area contributed by atoms with Gasteiger partial charge in [0.2, 0.25) is 5.91 Å². The molecule has 104 valence electrons. The smallest absolute Gasteiger partial charge is 0.226 e. The topological polar surface area (TPSA) is 46.3 Å². The van der Waals surface area contributed by atoms with Gasteiger partial charge in [-0.15, -0.1) is 0 Å². The molecule has 0 aromatic heterocycles. The van der Waals surface area contributed by atoms with E-state index in [0.29, 0.717) is 12.5 Å². The van der Waals surface area contributed by atoms with Gasteiger partial charge in [0, 0.05) is 19.0 Å². The molecule has 0 aliphatic heterocycles. The van der Waals surface area contributed by atoms with Crippen LogP contribution >= 0.6 is 0 Å². The summed E-state index contributed by atoms with van der Waals surface area (Å²) < 4.78 is 0. The predicted molar refractivity (Wildman–Crippen MR) is 77.9 cm³/mol. The molecule has 1 aromatic carbocycles. The lowest BCUT2D eigenvalue weighted by Crippen LogP contribution is -2.38. The van der Waals surface area contributed by atoms with Crippen molar-refractivity contribution in [3.63, 3.8) is 0 Å². The third-order valence-corrected chi connectivity index (χ3v) is 3.84. The van der Waals surface area contributed by atoms with Crippen molar-refractivity contribution in [1.29, 1.82) is 0 Å². The number of rotatable bonds is 6. The fraction of sp³-hybridized carbons (Fsp3) is 0.562. The van der Waals surface area contributed by atoms with Crippen LogP contribution < -0.4 is 5.73 Å². The second kappa shape index (κ2) is 6.71.